The lowest BCUT2D eigenvalue weighted by Crippen LogP contribution is -2.19. The van der Waals surface area contributed by atoms with Gasteiger partial charge in [-0.25, -0.2) is 5.48 Å². The van der Waals surface area contributed by atoms with Crippen LogP contribution in [0.3, 0.4) is 0 Å². The summed E-state index contributed by atoms with van der Waals surface area (Å²) in [4.78, 5) is 11.1. The Morgan fingerprint density at radius 1 is 1.27 bits per heavy atom. The number of amides is 1. The van der Waals surface area contributed by atoms with Crippen LogP contribution in [0.25, 0.3) is 11.0 Å². The third-order valence-electron chi connectivity index (χ3n) is 4.12. The summed E-state index contributed by atoms with van der Waals surface area (Å²) >= 11 is 0. The Morgan fingerprint density at radius 2 is 2.09 bits per heavy atom. The molecule has 1 heterocycles. The van der Waals surface area contributed by atoms with Crippen LogP contribution in [0, 0.1) is 0 Å². The Bertz CT molecular complexity index is 733. The number of hydrogen-bond acceptors (Lipinski definition) is 5. The third kappa shape index (κ3) is 2.69. The zero-order chi connectivity index (χ0) is 15.5. The van der Waals surface area contributed by atoms with E-state index < -0.39 is 5.91 Å². The van der Waals surface area contributed by atoms with Crippen molar-refractivity contribution in [2.24, 2.45) is 5.16 Å². The van der Waals surface area contributed by atoms with Gasteiger partial charge in [-0.3, -0.25) is 10.0 Å². The minimum Gasteiger partial charge on any atom is -0.461 e. The van der Waals surface area contributed by atoms with Gasteiger partial charge in [0.05, 0.1) is 5.71 Å². The molecule has 0 fully saturated rings. The molecule has 0 spiro atoms. The molecule has 1 aliphatic carbocycles. The van der Waals surface area contributed by atoms with Crippen molar-refractivity contribution < 1.29 is 19.6 Å². The fourth-order valence-corrected chi connectivity index (χ4v) is 2.98. The van der Waals surface area contributed by atoms with Crippen LogP contribution in [0.2, 0.25) is 0 Å². The molecule has 0 saturated carbocycles. The van der Waals surface area contributed by atoms with Crippen molar-refractivity contribution in [3.63, 3.8) is 0 Å². The van der Waals surface area contributed by atoms with Crippen LogP contribution in [0.15, 0.2) is 27.8 Å². The number of fused-ring (bicyclic) bond motifs is 3. The molecular formula is C16H18N2O4. The summed E-state index contributed by atoms with van der Waals surface area (Å²) in [6.07, 6.45) is 4.62. The summed E-state index contributed by atoms with van der Waals surface area (Å²) in [7, 11) is 0. The first-order valence-corrected chi connectivity index (χ1v) is 7.41. The van der Waals surface area contributed by atoms with Crippen molar-refractivity contribution in [2.75, 3.05) is 0 Å². The lowest BCUT2D eigenvalue weighted by atomic mass is 9.95. The summed E-state index contributed by atoms with van der Waals surface area (Å²) in [5.41, 5.74) is 4.74. The molecule has 116 valence electrons. The molecule has 3 rings (SSSR count). The smallest absolute Gasteiger partial charge is 0.243 e. The van der Waals surface area contributed by atoms with Gasteiger partial charge < -0.3 is 9.62 Å². The number of nitrogens with zero attached hydrogens (tertiary/aromatic N) is 1. The normalized spacial score (nSPS) is 14.9. The lowest BCUT2D eigenvalue weighted by Gasteiger charge is -2.08. The van der Waals surface area contributed by atoms with Gasteiger partial charge in [0.25, 0.3) is 0 Å². The second-order valence-electron chi connectivity index (χ2n) is 5.50. The highest BCUT2D eigenvalue weighted by molar-refractivity contribution is 6.04. The summed E-state index contributed by atoms with van der Waals surface area (Å²) in [5.74, 6) is 0.538. The van der Waals surface area contributed by atoms with Gasteiger partial charge in [-0.05, 0) is 25.3 Å². The molecule has 0 bridgehead atoms. The molecule has 0 radical (unpaired) electrons. The number of carbonyl (C=O) groups excluding carboxylic acids is 1. The van der Waals surface area contributed by atoms with E-state index in [1.54, 1.807) is 5.48 Å². The number of carbonyl (C=O) groups is 1. The Balaban J connectivity index is 1.89. The number of furan rings is 1. The van der Waals surface area contributed by atoms with Crippen molar-refractivity contribution >= 4 is 22.6 Å². The first-order valence-electron chi connectivity index (χ1n) is 7.41. The predicted octanol–water partition coefficient (Wildman–Crippen LogP) is 2.78. The van der Waals surface area contributed by atoms with Crippen LogP contribution in [-0.2, 0) is 17.6 Å². The van der Waals surface area contributed by atoms with Gasteiger partial charge in [0.1, 0.15) is 11.3 Å². The van der Waals surface area contributed by atoms with E-state index in [2.05, 4.69) is 5.16 Å². The van der Waals surface area contributed by atoms with Gasteiger partial charge in [-0.15, -0.1) is 0 Å². The first kappa shape index (κ1) is 14.6. The molecule has 1 aromatic heterocycles. The maximum Gasteiger partial charge on any atom is 0.243 e. The zero-order valence-electron chi connectivity index (χ0n) is 12.1. The van der Waals surface area contributed by atoms with E-state index in [1.807, 2.05) is 18.2 Å². The minimum absolute atomic E-state index is 0.0442. The fourth-order valence-electron chi connectivity index (χ4n) is 2.98. The Labute approximate surface area is 127 Å². The molecule has 0 unspecified atom stereocenters. The van der Waals surface area contributed by atoms with Gasteiger partial charge in [0.2, 0.25) is 5.91 Å². The maximum atomic E-state index is 11.1. The number of aryl methyl sites for hydroxylation is 2. The van der Waals surface area contributed by atoms with Gasteiger partial charge in [-0.1, -0.05) is 17.3 Å². The van der Waals surface area contributed by atoms with Crippen molar-refractivity contribution in [1.29, 1.82) is 0 Å². The Hall–Kier alpha value is -2.34. The molecule has 0 aliphatic heterocycles. The highest BCUT2D eigenvalue weighted by atomic mass is 16.5. The number of rotatable bonds is 4. The Kier molecular flexibility index (Phi) is 4.11. The molecule has 1 aliphatic rings. The molecule has 1 amide bonds. The summed E-state index contributed by atoms with van der Waals surface area (Å²) < 4.78 is 5.92. The highest BCUT2D eigenvalue weighted by Gasteiger charge is 2.18. The van der Waals surface area contributed by atoms with Crippen molar-refractivity contribution in [3.8, 4) is 0 Å². The number of hydrogen-bond donors (Lipinski definition) is 3. The molecule has 3 N–H and O–H groups in total. The van der Waals surface area contributed by atoms with Crippen LogP contribution < -0.4 is 5.48 Å². The monoisotopic (exact) mass is 302 g/mol. The van der Waals surface area contributed by atoms with E-state index in [4.69, 9.17) is 14.8 Å². The zero-order valence-corrected chi connectivity index (χ0v) is 12.1. The average molecular weight is 302 g/mol. The predicted molar refractivity (Wildman–Crippen MR) is 80.3 cm³/mol. The minimum atomic E-state index is -0.518. The second-order valence-corrected chi connectivity index (χ2v) is 5.50. The van der Waals surface area contributed by atoms with Gasteiger partial charge in [0, 0.05) is 35.8 Å². The third-order valence-corrected chi connectivity index (χ3v) is 4.12. The van der Waals surface area contributed by atoms with Crippen molar-refractivity contribution in [2.45, 2.75) is 38.5 Å². The number of nitrogens with one attached hydrogen (secondary N) is 1. The number of benzene rings is 1. The largest absolute Gasteiger partial charge is 0.461 e. The van der Waals surface area contributed by atoms with E-state index in [-0.39, 0.29) is 12.8 Å². The summed E-state index contributed by atoms with van der Waals surface area (Å²) in [5, 5.41) is 22.1. The number of oxime groups is 1. The van der Waals surface area contributed by atoms with Gasteiger partial charge in [0.15, 0.2) is 0 Å². The van der Waals surface area contributed by atoms with Crippen molar-refractivity contribution in [3.05, 3.63) is 35.1 Å². The SMILES string of the molecule is O=C(CCC(=NO)c1ccc2c3c(oc2c1)CCCC3)NO. The van der Waals surface area contributed by atoms with E-state index in [0.717, 1.165) is 36.0 Å². The second kappa shape index (κ2) is 6.19. The van der Waals surface area contributed by atoms with Crippen molar-refractivity contribution in [1.82, 2.24) is 5.48 Å². The van der Waals surface area contributed by atoms with E-state index in [1.165, 1.54) is 12.0 Å². The molecule has 0 saturated heterocycles. The van der Waals surface area contributed by atoms with Crippen LogP contribution in [0.5, 0.6) is 0 Å². The molecular weight excluding hydrogens is 284 g/mol. The highest BCUT2D eigenvalue weighted by Crippen LogP contribution is 2.32. The number of hydroxylamine groups is 1. The average Bonchev–Trinajstić information content (AvgIpc) is 2.93. The van der Waals surface area contributed by atoms with Crippen LogP contribution in [0.4, 0.5) is 0 Å². The van der Waals surface area contributed by atoms with Gasteiger partial charge in [-0.2, -0.15) is 0 Å². The topological polar surface area (TPSA) is 95.1 Å². The molecule has 6 nitrogen and oxygen atoms in total. The lowest BCUT2D eigenvalue weighted by molar-refractivity contribution is -0.129. The quantitative estimate of drug-likeness (QED) is 0.350. The maximum absolute atomic E-state index is 11.1. The van der Waals surface area contributed by atoms with Gasteiger partial charge >= 0.3 is 0 Å². The van der Waals surface area contributed by atoms with E-state index >= 15 is 0 Å². The van der Waals surface area contributed by atoms with Crippen LogP contribution in [0.1, 0.15) is 42.6 Å². The molecule has 0 atom stereocenters. The van der Waals surface area contributed by atoms with Crippen LogP contribution >= 0.6 is 0 Å². The van der Waals surface area contributed by atoms with E-state index in [0.29, 0.717) is 11.3 Å². The van der Waals surface area contributed by atoms with E-state index in [9.17, 15) is 4.79 Å². The molecule has 6 heteroatoms. The van der Waals surface area contributed by atoms with Crippen LogP contribution in [-0.4, -0.2) is 22.0 Å². The molecule has 22 heavy (non-hydrogen) atoms. The summed E-state index contributed by atoms with van der Waals surface area (Å²) in [6.45, 7) is 0. The Morgan fingerprint density at radius 3 is 2.86 bits per heavy atom. The summed E-state index contributed by atoms with van der Waals surface area (Å²) in [6, 6.07) is 5.70. The molecule has 1 aromatic carbocycles. The standard InChI is InChI=1S/C16H18N2O4/c19-16(18-21)8-7-13(17-20)10-5-6-12-11-3-1-2-4-14(11)22-15(12)9-10/h5-6,9,20-21H,1-4,7-8H2,(H,18,19). The molecule has 2 aromatic rings. The fraction of sp³-hybridized carbons (Fsp3) is 0.375. The first-order chi connectivity index (χ1) is 10.7.